The van der Waals surface area contributed by atoms with E-state index >= 15 is 0 Å². The summed E-state index contributed by atoms with van der Waals surface area (Å²) in [6, 6.07) is 0. The zero-order valence-corrected chi connectivity index (χ0v) is 9.40. The van der Waals surface area contributed by atoms with Crippen molar-refractivity contribution < 1.29 is 18.0 Å². The summed E-state index contributed by atoms with van der Waals surface area (Å²) in [7, 11) is 0. The monoisotopic (exact) mass is 254 g/mol. The largest absolute Gasteiger partial charge is 0.454 e. The van der Waals surface area contributed by atoms with E-state index in [0.717, 1.165) is 5.57 Å². The van der Waals surface area contributed by atoms with Crippen LogP contribution in [0.2, 0.25) is 0 Å². The second kappa shape index (κ2) is 4.29. The average Bonchev–Trinajstić information content (AvgIpc) is 2.28. The fourth-order valence-corrected chi connectivity index (χ4v) is 1.46. The fraction of sp³-hybridized carbons (Fsp3) is 0.167. The number of ketones is 1. The third-order valence-electron chi connectivity index (χ3n) is 2.31. The Labute approximate surface area is 101 Å². The Kier molecular flexibility index (Phi) is 2.94. The summed E-state index contributed by atoms with van der Waals surface area (Å²) in [4.78, 5) is 16.4. The zero-order valence-electron chi connectivity index (χ0n) is 9.40. The van der Waals surface area contributed by atoms with Crippen LogP contribution in [0.3, 0.4) is 0 Å². The molecule has 0 bridgehead atoms. The summed E-state index contributed by atoms with van der Waals surface area (Å²) in [6.45, 7) is 1.89. The van der Waals surface area contributed by atoms with Crippen molar-refractivity contribution in [2.45, 2.75) is 13.1 Å². The van der Waals surface area contributed by atoms with Crippen LogP contribution in [0.1, 0.15) is 6.92 Å². The third-order valence-corrected chi connectivity index (χ3v) is 2.31. The van der Waals surface area contributed by atoms with Crippen LogP contribution < -0.4 is 0 Å². The van der Waals surface area contributed by atoms with Crippen LogP contribution >= 0.6 is 0 Å². The standard InChI is InChI=1S/C12H9F3N2O/c1-8-2-3-11-16-9(4-5-17(11)7-8)6-10(18)12(13,14)15/h2-7H,1H3/b9-6+. The van der Waals surface area contributed by atoms with E-state index in [1.165, 1.54) is 6.08 Å². The minimum absolute atomic E-state index is 0.0128. The van der Waals surface area contributed by atoms with Crippen molar-refractivity contribution in [1.82, 2.24) is 4.90 Å². The highest BCUT2D eigenvalue weighted by Crippen LogP contribution is 2.21. The molecular weight excluding hydrogens is 245 g/mol. The van der Waals surface area contributed by atoms with Gasteiger partial charge in [-0.05, 0) is 24.6 Å². The molecule has 0 radical (unpaired) electrons. The predicted octanol–water partition coefficient (Wildman–Crippen LogP) is 2.70. The number of hydrogen-bond donors (Lipinski definition) is 0. The Hall–Kier alpha value is -2.11. The maximum atomic E-state index is 12.1. The molecule has 0 unspecified atom stereocenters. The van der Waals surface area contributed by atoms with E-state index in [9.17, 15) is 18.0 Å². The number of nitrogens with zero attached hydrogens (tertiary/aromatic N) is 2. The number of allylic oxidation sites excluding steroid dienone is 4. The van der Waals surface area contributed by atoms with Gasteiger partial charge < -0.3 is 4.90 Å². The van der Waals surface area contributed by atoms with Crippen LogP contribution in [0.5, 0.6) is 0 Å². The minimum atomic E-state index is -4.86. The minimum Gasteiger partial charge on any atom is -0.308 e. The number of fused-ring (bicyclic) bond motifs is 1. The van der Waals surface area contributed by atoms with Gasteiger partial charge in [0.25, 0.3) is 5.78 Å². The molecule has 2 heterocycles. The van der Waals surface area contributed by atoms with Crippen LogP contribution in [0.15, 0.2) is 53.0 Å². The fourth-order valence-electron chi connectivity index (χ4n) is 1.46. The first-order valence-electron chi connectivity index (χ1n) is 5.11. The van der Waals surface area contributed by atoms with Gasteiger partial charge in [0.2, 0.25) is 0 Å². The van der Waals surface area contributed by atoms with Crippen molar-refractivity contribution in [2.24, 2.45) is 4.99 Å². The molecule has 0 aromatic carbocycles. The number of rotatable bonds is 1. The van der Waals surface area contributed by atoms with Gasteiger partial charge in [0.15, 0.2) is 0 Å². The number of amidine groups is 1. The molecule has 3 nitrogen and oxygen atoms in total. The number of halogens is 3. The summed E-state index contributed by atoms with van der Waals surface area (Å²) >= 11 is 0. The molecule has 0 amide bonds. The molecule has 0 saturated carbocycles. The summed E-state index contributed by atoms with van der Waals surface area (Å²) in [5.41, 5.74) is 0.985. The third kappa shape index (κ3) is 2.58. The van der Waals surface area contributed by atoms with Gasteiger partial charge in [0.05, 0.1) is 5.70 Å². The molecule has 0 spiro atoms. The number of carbonyl (C=O) groups is 1. The number of carbonyl (C=O) groups excluding carboxylic acids is 1. The number of aliphatic imine (C=N–C) groups is 1. The van der Waals surface area contributed by atoms with Crippen LogP contribution in [-0.2, 0) is 4.79 Å². The molecule has 6 heteroatoms. The lowest BCUT2D eigenvalue weighted by Gasteiger charge is -2.23. The van der Waals surface area contributed by atoms with Crippen molar-refractivity contribution in [3.63, 3.8) is 0 Å². The van der Waals surface area contributed by atoms with Crippen LogP contribution in [0.4, 0.5) is 13.2 Å². The van der Waals surface area contributed by atoms with E-state index < -0.39 is 12.0 Å². The first kappa shape index (κ1) is 12.3. The first-order chi connectivity index (χ1) is 8.36. The van der Waals surface area contributed by atoms with E-state index in [1.807, 2.05) is 6.92 Å². The van der Waals surface area contributed by atoms with Gasteiger partial charge in [-0.2, -0.15) is 13.2 Å². The van der Waals surface area contributed by atoms with Gasteiger partial charge in [-0.1, -0.05) is 6.08 Å². The van der Waals surface area contributed by atoms with E-state index in [0.29, 0.717) is 11.9 Å². The van der Waals surface area contributed by atoms with Gasteiger partial charge in [-0.15, -0.1) is 0 Å². The van der Waals surface area contributed by atoms with Crippen molar-refractivity contribution >= 4 is 11.6 Å². The molecule has 2 aliphatic rings. The van der Waals surface area contributed by atoms with Gasteiger partial charge in [0, 0.05) is 18.5 Å². The molecule has 0 saturated heterocycles. The average molecular weight is 254 g/mol. The maximum Gasteiger partial charge on any atom is 0.454 e. The topological polar surface area (TPSA) is 32.7 Å². The normalized spacial score (nSPS) is 20.7. The number of alkyl halides is 3. The molecule has 0 fully saturated rings. The molecule has 2 aliphatic heterocycles. The van der Waals surface area contributed by atoms with Crippen LogP contribution in [0.25, 0.3) is 0 Å². The van der Waals surface area contributed by atoms with Gasteiger partial charge in [0.1, 0.15) is 5.84 Å². The Morgan fingerprint density at radius 3 is 2.72 bits per heavy atom. The lowest BCUT2D eigenvalue weighted by atomic mass is 10.2. The molecular formula is C12H9F3N2O. The lowest BCUT2D eigenvalue weighted by molar-refractivity contribution is -0.165. The van der Waals surface area contributed by atoms with Crippen molar-refractivity contribution in [1.29, 1.82) is 0 Å². The van der Waals surface area contributed by atoms with Gasteiger partial charge in [-0.25, -0.2) is 4.99 Å². The highest BCUT2D eigenvalue weighted by molar-refractivity contribution is 5.99. The van der Waals surface area contributed by atoms with Gasteiger partial charge in [-0.3, -0.25) is 4.79 Å². The van der Waals surface area contributed by atoms with Crippen LogP contribution in [0, 0.1) is 0 Å². The van der Waals surface area contributed by atoms with Crippen LogP contribution in [-0.4, -0.2) is 22.7 Å². The zero-order chi connectivity index (χ0) is 13.3. The van der Waals surface area contributed by atoms with Crippen molar-refractivity contribution in [2.75, 3.05) is 0 Å². The molecule has 0 aromatic rings. The maximum absolute atomic E-state index is 12.1. The van der Waals surface area contributed by atoms with E-state index in [-0.39, 0.29) is 5.70 Å². The highest BCUT2D eigenvalue weighted by Gasteiger charge is 2.36. The Balaban J connectivity index is 2.24. The van der Waals surface area contributed by atoms with E-state index in [2.05, 4.69) is 4.99 Å². The predicted molar refractivity (Wildman–Crippen MR) is 60.5 cm³/mol. The second-order valence-electron chi connectivity index (χ2n) is 3.83. The molecule has 0 aliphatic carbocycles. The van der Waals surface area contributed by atoms with E-state index in [1.54, 1.807) is 29.5 Å². The molecule has 2 rings (SSSR count). The molecule has 0 aromatic heterocycles. The first-order valence-corrected chi connectivity index (χ1v) is 5.11. The summed E-state index contributed by atoms with van der Waals surface area (Å²) in [5.74, 6) is -1.43. The summed E-state index contributed by atoms with van der Waals surface area (Å²) < 4.78 is 36.3. The smallest absolute Gasteiger partial charge is 0.308 e. The Morgan fingerprint density at radius 1 is 1.33 bits per heavy atom. The SMILES string of the molecule is CC1=CN2C=C/C(=C\C(=O)C(F)(F)F)N=C2C=C1. The second-order valence-corrected chi connectivity index (χ2v) is 3.83. The van der Waals surface area contributed by atoms with Crippen molar-refractivity contribution in [3.05, 3.63) is 48.0 Å². The summed E-state index contributed by atoms with van der Waals surface area (Å²) in [5, 5.41) is 0. The molecule has 18 heavy (non-hydrogen) atoms. The Bertz CT molecular complexity index is 536. The summed E-state index contributed by atoms with van der Waals surface area (Å²) in [6.07, 6.45) is 3.79. The van der Waals surface area contributed by atoms with Crippen molar-refractivity contribution in [3.8, 4) is 0 Å². The van der Waals surface area contributed by atoms with E-state index in [4.69, 9.17) is 0 Å². The molecule has 0 N–H and O–H groups in total. The quantitative estimate of drug-likeness (QED) is 0.674. The van der Waals surface area contributed by atoms with Gasteiger partial charge >= 0.3 is 6.18 Å². The molecule has 94 valence electrons. The molecule has 0 atom stereocenters. The highest BCUT2D eigenvalue weighted by atomic mass is 19.4. The lowest BCUT2D eigenvalue weighted by Crippen LogP contribution is -2.24. The number of hydrogen-bond acceptors (Lipinski definition) is 3. The Morgan fingerprint density at radius 2 is 2.06 bits per heavy atom.